The molecule has 0 aliphatic heterocycles. The molecule has 0 radical (unpaired) electrons. The maximum atomic E-state index is 13.1. The number of rotatable bonds is 7. The highest BCUT2D eigenvalue weighted by atomic mass is 32.2. The van der Waals surface area contributed by atoms with Gasteiger partial charge in [0.05, 0.1) is 40.4 Å². The van der Waals surface area contributed by atoms with Gasteiger partial charge in [-0.2, -0.15) is 0 Å². The smallest absolute Gasteiger partial charge is 0.276 e. The van der Waals surface area contributed by atoms with Gasteiger partial charge in [-0.25, -0.2) is 13.9 Å². The molecular formula is C21H21N3O5S. The fraction of sp³-hybridized carbons (Fsp3) is 0.143. The zero-order valence-electron chi connectivity index (χ0n) is 16.4. The first kappa shape index (κ1) is 21.3. The SMILES string of the molecule is COc1ccc(S(=O)(=O)c2cccnc2CNc2c(C)cccc2C(=O)NO)cc1. The van der Waals surface area contributed by atoms with Gasteiger partial charge in [-0.1, -0.05) is 12.1 Å². The molecule has 2 aromatic carbocycles. The molecule has 30 heavy (non-hydrogen) atoms. The lowest BCUT2D eigenvalue weighted by Gasteiger charge is -2.15. The number of pyridine rings is 1. The molecule has 9 heteroatoms. The molecule has 1 aromatic heterocycles. The van der Waals surface area contributed by atoms with Gasteiger partial charge in [-0.3, -0.25) is 15.0 Å². The Labute approximate surface area is 174 Å². The molecule has 0 fully saturated rings. The topological polar surface area (TPSA) is 118 Å². The number of nitrogens with zero attached hydrogens (tertiary/aromatic N) is 1. The number of carbonyl (C=O) groups excluding carboxylic acids is 1. The van der Waals surface area contributed by atoms with E-state index in [1.807, 2.05) is 0 Å². The van der Waals surface area contributed by atoms with Crippen LogP contribution in [0.25, 0.3) is 0 Å². The second-order valence-electron chi connectivity index (χ2n) is 6.42. The first-order valence-corrected chi connectivity index (χ1v) is 10.5. The van der Waals surface area contributed by atoms with E-state index in [1.165, 1.54) is 31.5 Å². The van der Waals surface area contributed by atoms with E-state index in [1.54, 1.807) is 48.8 Å². The van der Waals surface area contributed by atoms with Gasteiger partial charge >= 0.3 is 0 Å². The lowest BCUT2D eigenvalue weighted by Crippen LogP contribution is -2.21. The molecule has 0 saturated carbocycles. The Kier molecular flexibility index (Phi) is 6.34. The number of aryl methyl sites for hydroxylation is 1. The molecule has 0 spiro atoms. The molecule has 0 bridgehead atoms. The molecule has 3 aromatic rings. The van der Waals surface area contributed by atoms with Crippen LogP contribution in [0.1, 0.15) is 21.6 Å². The van der Waals surface area contributed by atoms with Gasteiger partial charge in [0.2, 0.25) is 9.84 Å². The number of amides is 1. The summed E-state index contributed by atoms with van der Waals surface area (Å²) < 4.78 is 31.4. The summed E-state index contributed by atoms with van der Waals surface area (Å²) in [6, 6.07) is 14.2. The molecule has 156 valence electrons. The first-order chi connectivity index (χ1) is 14.4. The van der Waals surface area contributed by atoms with Crippen LogP contribution in [0.4, 0.5) is 5.69 Å². The predicted octanol–water partition coefficient (Wildman–Crippen LogP) is 2.96. The van der Waals surface area contributed by atoms with Crippen molar-refractivity contribution >= 4 is 21.4 Å². The number of anilines is 1. The van der Waals surface area contributed by atoms with Crippen LogP contribution in [0, 0.1) is 6.92 Å². The van der Waals surface area contributed by atoms with Crippen LogP contribution in [0.5, 0.6) is 5.75 Å². The number of aromatic nitrogens is 1. The Hall–Kier alpha value is -3.43. The molecule has 3 rings (SSSR count). The predicted molar refractivity (Wildman–Crippen MR) is 110 cm³/mol. The van der Waals surface area contributed by atoms with Crippen molar-refractivity contribution in [2.45, 2.75) is 23.3 Å². The van der Waals surface area contributed by atoms with Crippen LogP contribution in [0.15, 0.2) is 70.6 Å². The number of para-hydroxylation sites is 1. The van der Waals surface area contributed by atoms with Crippen LogP contribution in [0.3, 0.4) is 0 Å². The number of nitrogens with one attached hydrogen (secondary N) is 2. The summed E-state index contributed by atoms with van der Waals surface area (Å²) in [5.74, 6) is -0.121. The van der Waals surface area contributed by atoms with Crippen molar-refractivity contribution < 1.29 is 23.2 Å². The quantitative estimate of drug-likeness (QED) is 0.392. The Balaban J connectivity index is 1.95. The lowest BCUT2D eigenvalue weighted by atomic mass is 10.1. The van der Waals surface area contributed by atoms with Gasteiger partial charge in [0.1, 0.15) is 5.75 Å². The minimum absolute atomic E-state index is 0.0577. The Bertz CT molecular complexity index is 1160. The number of methoxy groups -OCH3 is 1. The number of carbonyl (C=O) groups is 1. The van der Waals surface area contributed by atoms with Crippen LogP contribution >= 0.6 is 0 Å². The molecule has 1 heterocycles. The van der Waals surface area contributed by atoms with Gasteiger partial charge < -0.3 is 10.1 Å². The summed E-state index contributed by atoms with van der Waals surface area (Å²) in [5, 5.41) is 12.1. The van der Waals surface area contributed by atoms with E-state index in [-0.39, 0.29) is 21.9 Å². The zero-order valence-corrected chi connectivity index (χ0v) is 17.2. The fourth-order valence-electron chi connectivity index (χ4n) is 3.01. The summed E-state index contributed by atoms with van der Waals surface area (Å²) in [6.45, 7) is 1.85. The summed E-state index contributed by atoms with van der Waals surface area (Å²) in [7, 11) is -2.31. The highest BCUT2D eigenvalue weighted by Crippen LogP contribution is 2.26. The minimum atomic E-state index is -3.82. The maximum absolute atomic E-state index is 13.1. The van der Waals surface area contributed by atoms with Crippen LogP contribution in [-0.2, 0) is 16.4 Å². The Morgan fingerprint density at radius 1 is 1.10 bits per heavy atom. The van der Waals surface area contributed by atoms with Crippen molar-refractivity contribution in [1.82, 2.24) is 10.5 Å². The van der Waals surface area contributed by atoms with Crippen molar-refractivity contribution in [3.05, 3.63) is 77.6 Å². The van der Waals surface area contributed by atoms with E-state index in [0.29, 0.717) is 17.1 Å². The molecule has 0 atom stereocenters. The molecule has 0 unspecified atom stereocenters. The van der Waals surface area contributed by atoms with Gasteiger partial charge in [0.25, 0.3) is 5.91 Å². The number of ether oxygens (including phenoxy) is 1. The maximum Gasteiger partial charge on any atom is 0.276 e. The van der Waals surface area contributed by atoms with E-state index < -0.39 is 15.7 Å². The third kappa shape index (κ3) is 4.27. The normalized spacial score (nSPS) is 11.0. The number of sulfone groups is 1. The monoisotopic (exact) mass is 427 g/mol. The summed E-state index contributed by atoms with van der Waals surface area (Å²) in [5.41, 5.74) is 3.37. The summed E-state index contributed by atoms with van der Waals surface area (Å²) in [6.07, 6.45) is 1.50. The number of hydrogen-bond donors (Lipinski definition) is 3. The van der Waals surface area contributed by atoms with Gasteiger partial charge in [-0.05, 0) is 55.0 Å². The lowest BCUT2D eigenvalue weighted by molar-refractivity contribution is 0.0707. The van der Waals surface area contributed by atoms with Gasteiger partial charge in [0.15, 0.2) is 0 Å². The van der Waals surface area contributed by atoms with Crippen LogP contribution in [-0.4, -0.2) is 31.6 Å². The number of benzene rings is 2. The van der Waals surface area contributed by atoms with Gasteiger partial charge in [0, 0.05) is 6.20 Å². The van der Waals surface area contributed by atoms with Crippen LogP contribution in [0.2, 0.25) is 0 Å². The molecule has 8 nitrogen and oxygen atoms in total. The number of hydrogen-bond acceptors (Lipinski definition) is 7. The first-order valence-electron chi connectivity index (χ1n) is 8.99. The highest BCUT2D eigenvalue weighted by Gasteiger charge is 2.22. The second kappa shape index (κ2) is 8.93. The zero-order chi connectivity index (χ0) is 21.7. The Morgan fingerprint density at radius 2 is 1.83 bits per heavy atom. The van der Waals surface area contributed by atoms with Crippen LogP contribution < -0.4 is 15.5 Å². The van der Waals surface area contributed by atoms with Crippen molar-refractivity contribution in [3.8, 4) is 5.75 Å². The summed E-state index contributed by atoms with van der Waals surface area (Å²) in [4.78, 5) is 16.3. The average molecular weight is 427 g/mol. The fourth-order valence-corrected chi connectivity index (χ4v) is 4.45. The van der Waals surface area contributed by atoms with Crippen molar-refractivity contribution in [2.24, 2.45) is 0 Å². The third-order valence-corrected chi connectivity index (χ3v) is 6.40. The van der Waals surface area contributed by atoms with E-state index in [9.17, 15) is 13.2 Å². The second-order valence-corrected chi connectivity index (χ2v) is 8.34. The van der Waals surface area contributed by atoms with E-state index >= 15 is 0 Å². The van der Waals surface area contributed by atoms with Crippen molar-refractivity contribution in [1.29, 1.82) is 0 Å². The number of hydroxylamine groups is 1. The standard InChI is InChI=1S/C21H21N3O5S/c1-14-5-3-6-17(21(25)24-26)20(14)23-13-18-19(7-4-12-22-18)30(27,28)16-10-8-15(29-2)9-11-16/h3-12,23,26H,13H2,1-2H3,(H,24,25). The van der Waals surface area contributed by atoms with Crippen molar-refractivity contribution in [3.63, 3.8) is 0 Å². The van der Waals surface area contributed by atoms with E-state index in [0.717, 1.165) is 5.56 Å². The largest absolute Gasteiger partial charge is 0.497 e. The molecule has 1 amide bonds. The molecule has 3 N–H and O–H groups in total. The third-order valence-electron chi connectivity index (χ3n) is 4.56. The van der Waals surface area contributed by atoms with E-state index in [4.69, 9.17) is 9.94 Å². The average Bonchev–Trinajstić information content (AvgIpc) is 2.77. The van der Waals surface area contributed by atoms with E-state index in [2.05, 4.69) is 10.3 Å². The van der Waals surface area contributed by atoms with Gasteiger partial charge in [-0.15, -0.1) is 0 Å². The highest BCUT2D eigenvalue weighted by molar-refractivity contribution is 7.91. The molecule has 0 saturated heterocycles. The molecule has 0 aliphatic rings. The minimum Gasteiger partial charge on any atom is -0.497 e. The summed E-state index contributed by atoms with van der Waals surface area (Å²) >= 11 is 0. The molecule has 0 aliphatic carbocycles. The van der Waals surface area contributed by atoms with Crippen molar-refractivity contribution in [2.75, 3.05) is 12.4 Å². The molecular weight excluding hydrogens is 406 g/mol. The Morgan fingerprint density at radius 3 is 2.50 bits per heavy atom.